The van der Waals surface area contributed by atoms with Crippen molar-refractivity contribution in [1.82, 2.24) is 0 Å². The van der Waals surface area contributed by atoms with Gasteiger partial charge in [0.1, 0.15) is 6.07 Å². The van der Waals surface area contributed by atoms with Crippen LogP contribution in [0.15, 0.2) is 65.9 Å². The quantitative estimate of drug-likeness (QED) is 0.585. The van der Waals surface area contributed by atoms with E-state index in [-0.39, 0.29) is 16.8 Å². The second-order valence-corrected chi connectivity index (χ2v) is 7.75. The average molecular weight is 371 g/mol. The number of carbonyl (C=O) groups is 1. The third-order valence-electron chi connectivity index (χ3n) is 5.31. The molecule has 3 rings (SSSR count). The van der Waals surface area contributed by atoms with Gasteiger partial charge in [-0.3, -0.25) is 4.79 Å². The maximum absolute atomic E-state index is 12.9. The Morgan fingerprint density at radius 2 is 1.75 bits per heavy atom. The Hall–Kier alpha value is -3.32. The Kier molecular flexibility index (Phi) is 5.11. The third kappa shape index (κ3) is 3.44. The number of nitriles is 1. The first-order valence-electron chi connectivity index (χ1n) is 9.24. The molecular weight excluding hydrogens is 346 g/mol. The van der Waals surface area contributed by atoms with Gasteiger partial charge in [0.25, 0.3) is 0 Å². The second kappa shape index (κ2) is 7.36. The van der Waals surface area contributed by atoms with Crippen LogP contribution in [0.1, 0.15) is 25.0 Å². The summed E-state index contributed by atoms with van der Waals surface area (Å²) in [5.41, 5.74) is 4.89. The van der Waals surface area contributed by atoms with E-state index in [4.69, 9.17) is 0 Å². The Labute approximate surface area is 167 Å². The molecule has 1 aliphatic heterocycles. The van der Waals surface area contributed by atoms with E-state index >= 15 is 0 Å². The fourth-order valence-electron chi connectivity index (χ4n) is 3.65. The van der Waals surface area contributed by atoms with Crippen LogP contribution in [0, 0.1) is 11.3 Å². The van der Waals surface area contributed by atoms with Crippen molar-refractivity contribution in [3.05, 3.63) is 77.0 Å². The molecule has 0 N–H and O–H groups in total. The molecule has 142 valence electrons. The van der Waals surface area contributed by atoms with Crippen molar-refractivity contribution in [2.75, 3.05) is 30.9 Å². The van der Waals surface area contributed by atoms with E-state index in [1.54, 1.807) is 12.2 Å². The lowest BCUT2D eigenvalue weighted by Crippen LogP contribution is -2.24. The molecule has 0 radical (unpaired) electrons. The van der Waals surface area contributed by atoms with Gasteiger partial charge in [-0.1, -0.05) is 44.2 Å². The van der Waals surface area contributed by atoms with Crippen LogP contribution < -0.4 is 9.80 Å². The molecule has 0 saturated carbocycles. The Morgan fingerprint density at radius 1 is 1.11 bits per heavy atom. The van der Waals surface area contributed by atoms with Crippen molar-refractivity contribution >= 4 is 23.2 Å². The summed E-state index contributed by atoms with van der Waals surface area (Å²) in [6.07, 6.45) is 3.25. The number of benzene rings is 2. The highest BCUT2D eigenvalue weighted by atomic mass is 16.1. The van der Waals surface area contributed by atoms with E-state index < -0.39 is 0 Å². The first kappa shape index (κ1) is 19.4. The summed E-state index contributed by atoms with van der Waals surface area (Å²) in [7, 11) is 5.90. The highest BCUT2D eigenvalue weighted by Crippen LogP contribution is 2.46. The van der Waals surface area contributed by atoms with Gasteiger partial charge < -0.3 is 9.80 Å². The number of likely N-dealkylation sites (N-methyl/N-ethyl adjacent to an activating group) is 1. The van der Waals surface area contributed by atoms with Crippen LogP contribution in [-0.2, 0) is 10.2 Å². The first-order valence-corrected chi connectivity index (χ1v) is 9.24. The zero-order valence-corrected chi connectivity index (χ0v) is 17.0. The molecule has 0 atom stereocenters. The number of para-hydroxylation sites is 1. The van der Waals surface area contributed by atoms with E-state index in [0.29, 0.717) is 0 Å². The van der Waals surface area contributed by atoms with E-state index in [0.717, 1.165) is 22.6 Å². The van der Waals surface area contributed by atoms with Crippen LogP contribution in [0.3, 0.4) is 0 Å². The van der Waals surface area contributed by atoms with Gasteiger partial charge in [-0.2, -0.15) is 5.26 Å². The van der Waals surface area contributed by atoms with E-state index in [9.17, 15) is 10.1 Å². The number of fused-ring (bicyclic) bond motifs is 1. The fourth-order valence-corrected chi connectivity index (χ4v) is 3.65. The number of rotatable bonds is 4. The van der Waals surface area contributed by atoms with Crippen molar-refractivity contribution in [2.24, 2.45) is 0 Å². The zero-order valence-electron chi connectivity index (χ0n) is 17.0. The molecular formula is C24H25N3O. The summed E-state index contributed by atoms with van der Waals surface area (Å²) >= 11 is 0. The summed E-state index contributed by atoms with van der Waals surface area (Å²) in [6.45, 7) is 4.20. The molecule has 4 nitrogen and oxygen atoms in total. The molecule has 4 heteroatoms. The maximum atomic E-state index is 12.9. The molecule has 0 amide bonds. The van der Waals surface area contributed by atoms with Crippen LogP contribution in [0.4, 0.5) is 11.4 Å². The van der Waals surface area contributed by atoms with Gasteiger partial charge >= 0.3 is 0 Å². The van der Waals surface area contributed by atoms with Crippen molar-refractivity contribution < 1.29 is 4.79 Å². The zero-order chi connectivity index (χ0) is 20.5. The highest BCUT2D eigenvalue weighted by Gasteiger charge is 2.38. The monoisotopic (exact) mass is 371 g/mol. The molecule has 2 aromatic carbocycles. The highest BCUT2D eigenvalue weighted by molar-refractivity contribution is 6.11. The van der Waals surface area contributed by atoms with Crippen molar-refractivity contribution in [3.63, 3.8) is 0 Å². The second-order valence-electron chi connectivity index (χ2n) is 7.75. The summed E-state index contributed by atoms with van der Waals surface area (Å²) < 4.78 is 0. The Balaban J connectivity index is 1.93. The molecule has 0 aliphatic carbocycles. The molecule has 0 saturated heterocycles. The predicted octanol–water partition coefficient (Wildman–Crippen LogP) is 4.54. The standard InChI is InChI=1S/C24H25N3O/c1-24(2)20-8-6-7-9-21(20)27(5)23(24)15-22(28)18(16-25)14-17-10-12-19(13-11-17)26(3)4/h6-15H,1-5H3/b18-14-,23-15+. The third-order valence-corrected chi connectivity index (χ3v) is 5.31. The molecule has 0 fully saturated rings. The van der Waals surface area contributed by atoms with Crippen LogP contribution >= 0.6 is 0 Å². The van der Waals surface area contributed by atoms with Crippen LogP contribution in [0.2, 0.25) is 0 Å². The van der Waals surface area contributed by atoms with E-state index in [1.807, 2.05) is 67.3 Å². The fraction of sp³-hybridized carbons (Fsp3) is 0.250. The number of ketones is 1. The van der Waals surface area contributed by atoms with Crippen molar-refractivity contribution in [2.45, 2.75) is 19.3 Å². The number of hydrogen-bond acceptors (Lipinski definition) is 4. The van der Waals surface area contributed by atoms with Gasteiger partial charge in [-0.15, -0.1) is 0 Å². The lowest BCUT2D eigenvalue weighted by molar-refractivity contribution is -0.111. The minimum absolute atomic E-state index is 0.130. The van der Waals surface area contributed by atoms with Gasteiger partial charge in [0.05, 0.1) is 5.57 Å². The molecule has 28 heavy (non-hydrogen) atoms. The normalized spacial score (nSPS) is 16.6. The van der Waals surface area contributed by atoms with E-state index in [1.165, 1.54) is 5.56 Å². The number of hydrogen-bond donors (Lipinski definition) is 0. The minimum atomic E-state index is -0.297. The summed E-state index contributed by atoms with van der Waals surface area (Å²) in [6, 6.07) is 18.0. The maximum Gasteiger partial charge on any atom is 0.198 e. The van der Waals surface area contributed by atoms with Gasteiger partial charge in [0.15, 0.2) is 5.78 Å². The molecule has 1 aliphatic rings. The largest absolute Gasteiger partial charge is 0.378 e. The Bertz CT molecular complexity index is 1000. The number of carbonyl (C=O) groups excluding carboxylic acids is 1. The molecule has 0 aromatic heterocycles. The average Bonchev–Trinajstić information content (AvgIpc) is 2.87. The summed E-state index contributed by atoms with van der Waals surface area (Å²) in [4.78, 5) is 16.9. The predicted molar refractivity (Wildman–Crippen MR) is 115 cm³/mol. The molecule has 0 unspecified atom stereocenters. The van der Waals surface area contributed by atoms with Gasteiger partial charge in [-0.25, -0.2) is 0 Å². The topological polar surface area (TPSA) is 47.3 Å². The number of nitrogens with zero attached hydrogens (tertiary/aromatic N) is 3. The van der Waals surface area contributed by atoms with Gasteiger partial charge in [0.2, 0.25) is 0 Å². The van der Waals surface area contributed by atoms with Crippen molar-refractivity contribution in [1.29, 1.82) is 5.26 Å². The van der Waals surface area contributed by atoms with Crippen LogP contribution in [0.5, 0.6) is 0 Å². The molecule has 2 aromatic rings. The SMILES string of the molecule is CN(C)c1ccc(/C=C(/C#N)C(=O)/C=C2/N(C)c3ccccc3C2(C)C)cc1. The minimum Gasteiger partial charge on any atom is -0.378 e. The summed E-state index contributed by atoms with van der Waals surface area (Å²) in [5, 5.41) is 9.55. The van der Waals surface area contributed by atoms with Gasteiger partial charge in [0, 0.05) is 49.7 Å². The van der Waals surface area contributed by atoms with Crippen molar-refractivity contribution in [3.8, 4) is 6.07 Å². The first-order chi connectivity index (χ1) is 13.3. The van der Waals surface area contributed by atoms with E-state index in [2.05, 4.69) is 32.0 Å². The Morgan fingerprint density at radius 3 is 2.32 bits per heavy atom. The molecule has 0 spiro atoms. The van der Waals surface area contributed by atoms with Crippen LogP contribution in [0.25, 0.3) is 6.08 Å². The number of anilines is 2. The van der Waals surface area contributed by atoms with Crippen LogP contribution in [-0.4, -0.2) is 26.9 Å². The molecule has 0 bridgehead atoms. The smallest absolute Gasteiger partial charge is 0.198 e. The lowest BCUT2D eigenvalue weighted by atomic mass is 9.83. The molecule has 1 heterocycles. The number of allylic oxidation sites excluding steroid dienone is 3. The lowest BCUT2D eigenvalue weighted by Gasteiger charge is -2.23. The van der Waals surface area contributed by atoms with Gasteiger partial charge in [-0.05, 0) is 35.4 Å². The summed E-state index contributed by atoms with van der Waals surface area (Å²) in [5.74, 6) is -0.276.